The number of hydrogen-bond donors (Lipinski definition) is 0. The van der Waals surface area contributed by atoms with Crippen molar-refractivity contribution in [3.8, 4) is 12.1 Å². The molecule has 232 valence electrons. The fraction of sp³-hybridized carbons (Fsp3) is 0.500. The minimum absolute atomic E-state index is 0.0351. The average molecular weight is 604 g/mol. The van der Waals surface area contributed by atoms with Crippen LogP contribution in [0.3, 0.4) is 0 Å². The smallest absolute Gasteiger partial charge is 0.318 e. The van der Waals surface area contributed by atoms with Crippen molar-refractivity contribution in [2.45, 2.75) is 82.1 Å². The number of aromatic nitrogens is 2. The zero-order valence-corrected chi connectivity index (χ0v) is 26.1. The number of fused-ring (bicyclic) bond motifs is 2. The van der Waals surface area contributed by atoms with Gasteiger partial charge in [-0.25, -0.2) is 0 Å². The third-order valence-corrected chi connectivity index (χ3v) is 10.8. The Balaban J connectivity index is 1.16. The number of amides is 1. The van der Waals surface area contributed by atoms with Gasteiger partial charge in [0.1, 0.15) is 12.4 Å². The van der Waals surface area contributed by atoms with Crippen LogP contribution in [0.1, 0.15) is 55.3 Å². The van der Waals surface area contributed by atoms with Crippen LogP contribution >= 0.6 is 0 Å². The summed E-state index contributed by atoms with van der Waals surface area (Å²) in [4.78, 5) is 32.1. The molecule has 4 fully saturated rings. The van der Waals surface area contributed by atoms with Gasteiger partial charge >= 0.3 is 6.01 Å². The molecule has 4 heterocycles. The van der Waals surface area contributed by atoms with Crippen molar-refractivity contribution in [2.24, 2.45) is 0 Å². The van der Waals surface area contributed by atoms with Crippen LogP contribution in [0.25, 0.3) is 10.8 Å². The summed E-state index contributed by atoms with van der Waals surface area (Å²) in [6.07, 6.45) is 8.49. The molecule has 9 heteroatoms. The Bertz CT molecular complexity index is 1700. The maximum absolute atomic E-state index is 12.6. The first-order valence-corrected chi connectivity index (χ1v) is 16.6. The van der Waals surface area contributed by atoms with E-state index in [-0.39, 0.29) is 23.9 Å². The Morgan fingerprint density at radius 2 is 1.93 bits per heavy atom. The zero-order valence-electron chi connectivity index (χ0n) is 26.1. The predicted molar refractivity (Wildman–Crippen MR) is 174 cm³/mol. The molecule has 0 radical (unpaired) electrons. The Hall–Kier alpha value is -4.16. The third kappa shape index (κ3) is 5.00. The fourth-order valence-electron chi connectivity index (χ4n) is 7.97. The second-order valence-corrected chi connectivity index (χ2v) is 13.6. The van der Waals surface area contributed by atoms with Gasteiger partial charge in [-0.1, -0.05) is 36.9 Å². The predicted octanol–water partition coefficient (Wildman–Crippen LogP) is 4.77. The molecule has 3 aromatic rings. The van der Waals surface area contributed by atoms with Gasteiger partial charge in [-0.3, -0.25) is 9.69 Å². The molecule has 3 aliphatic heterocycles. The Morgan fingerprint density at radius 1 is 1.11 bits per heavy atom. The Labute approximate surface area is 265 Å². The van der Waals surface area contributed by atoms with Gasteiger partial charge in [-0.05, 0) is 62.1 Å². The number of carbonyl (C=O) groups is 1. The highest BCUT2D eigenvalue weighted by molar-refractivity contribution is 5.97. The molecule has 1 unspecified atom stereocenters. The summed E-state index contributed by atoms with van der Waals surface area (Å²) in [7, 11) is 0. The summed E-state index contributed by atoms with van der Waals surface area (Å²) in [5.41, 5.74) is 4.81. The number of aryl methyl sites for hydroxylation is 1. The largest absolute Gasteiger partial charge is 0.462 e. The van der Waals surface area contributed by atoms with E-state index in [2.05, 4.69) is 70.7 Å². The maximum Gasteiger partial charge on any atom is 0.318 e. The highest BCUT2D eigenvalue weighted by Crippen LogP contribution is 2.53. The highest BCUT2D eigenvalue weighted by atomic mass is 16.5. The van der Waals surface area contributed by atoms with Gasteiger partial charge in [-0.15, -0.1) is 0 Å². The molecular formula is C36H41N7O2. The molecule has 8 rings (SSSR count). The first kappa shape index (κ1) is 28.3. The van der Waals surface area contributed by atoms with Crippen LogP contribution < -0.4 is 14.5 Å². The first-order valence-electron chi connectivity index (χ1n) is 16.6. The quantitative estimate of drug-likeness (QED) is 0.341. The molecular weight excluding hydrogens is 562 g/mol. The second-order valence-electron chi connectivity index (χ2n) is 13.6. The van der Waals surface area contributed by atoms with Crippen LogP contribution in [-0.4, -0.2) is 82.1 Å². The van der Waals surface area contributed by atoms with Crippen molar-refractivity contribution in [1.29, 1.82) is 5.26 Å². The Morgan fingerprint density at radius 3 is 2.64 bits per heavy atom. The van der Waals surface area contributed by atoms with Crippen LogP contribution in [0.15, 0.2) is 49.1 Å². The molecule has 45 heavy (non-hydrogen) atoms. The van der Waals surface area contributed by atoms with Gasteiger partial charge in [0.05, 0.1) is 30.8 Å². The van der Waals surface area contributed by atoms with Crippen molar-refractivity contribution in [3.63, 3.8) is 0 Å². The average Bonchev–Trinajstić information content (AvgIpc) is 3.98. The van der Waals surface area contributed by atoms with Crippen LogP contribution in [0.5, 0.6) is 6.01 Å². The number of likely N-dealkylation sites (tertiary alicyclic amines) is 1. The van der Waals surface area contributed by atoms with Gasteiger partial charge in [-0.2, -0.15) is 15.2 Å². The number of piperazine rings is 1. The monoisotopic (exact) mass is 603 g/mol. The lowest BCUT2D eigenvalue weighted by atomic mass is 9.92. The van der Waals surface area contributed by atoms with E-state index in [0.29, 0.717) is 44.8 Å². The van der Waals surface area contributed by atoms with E-state index in [0.717, 1.165) is 49.8 Å². The number of carbonyl (C=O) groups excluding carboxylic acids is 1. The van der Waals surface area contributed by atoms with Crippen molar-refractivity contribution in [1.82, 2.24) is 19.8 Å². The van der Waals surface area contributed by atoms with Crippen LogP contribution in [0, 0.1) is 18.3 Å². The number of anilines is 2. The maximum atomic E-state index is 12.6. The van der Waals surface area contributed by atoms with Crippen LogP contribution in [0.2, 0.25) is 0 Å². The number of rotatable bonds is 8. The van der Waals surface area contributed by atoms with E-state index >= 15 is 0 Å². The zero-order chi connectivity index (χ0) is 30.7. The van der Waals surface area contributed by atoms with Crippen molar-refractivity contribution in [2.75, 3.05) is 42.6 Å². The lowest BCUT2D eigenvalue weighted by Gasteiger charge is -2.44. The van der Waals surface area contributed by atoms with Gasteiger partial charge in [0.25, 0.3) is 0 Å². The van der Waals surface area contributed by atoms with Gasteiger partial charge in [0.2, 0.25) is 5.91 Å². The van der Waals surface area contributed by atoms with Gasteiger partial charge in [0.15, 0.2) is 0 Å². The summed E-state index contributed by atoms with van der Waals surface area (Å²) in [5.74, 6) is 0.790. The summed E-state index contributed by atoms with van der Waals surface area (Å²) in [6.45, 7) is 10.1. The van der Waals surface area contributed by atoms with E-state index < -0.39 is 0 Å². The SMILES string of the molecule is C=CC(=O)N1CCN(c2nc(OCC3CCN3C3CC3)nc3c2CC2(CC2)N(c2cccc4cccc(C)c24)C3)C[C@@H]1CC#N. The van der Waals surface area contributed by atoms with Crippen molar-refractivity contribution in [3.05, 3.63) is 65.9 Å². The minimum atomic E-state index is -0.222. The molecule has 2 saturated heterocycles. The minimum Gasteiger partial charge on any atom is -0.462 e. The van der Waals surface area contributed by atoms with Crippen LogP contribution in [0.4, 0.5) is 11.5 Å². The summed E-state index contributed by atoms with van der Waals surface area (Å²) in [5, 5.41) is 12.2. The number of benzene rings is 2. The second kappa shape index (κ2) is 11.0. The fourth-order valence-corrected chi connectivity index (χ4v) is 7.97. The Kier molecular flexibility index (Phi) is 6.94. The molecule has 2 saturated carbocycles. The molecule has 0 bridgehead atoms. The van der Waals surface area contributed by atoms with E-state index in [4.69, 9.17) is 14.7 Å². The van der Waals surface area contributed by atoms with Crippen LogP contribution in [-0.2, 0) is 17.8 Å². The molecule has 2 aromatic carbocycles. The third-order valence-electron chi connectivity index (χ3n) is 10.8. The number of ether oxygens (including phenoxy) is 1. The summed E-state index contributed by atoms with van der Waals surface area (Å²) < 4.78 is 6.43. The molecule has 2 aliphatic carbocycles. The molecule has 5 aliphatic rings. The normalized spacial score (nSPS) is 23.8. The van der Waals surface area contributed by atoms with E-state index in [1.807, 2.05) is 0 Å². The molecule has 1 aromatic heterocycles. The topological polar surface area (TPSA) is 88.8 Å². The van der Waals surface area contributed by atoms with Gasteiger partial charge in [0, 0.05) is 66.9 Å². The number of nitriles is 1. The molecule has 1 spiro atoms. The number of nitrogens with zero attached hydrogens (tertiary/aromatic N) is 7. The lowest BCUT2D eigenvalue weighted by Crippen LogP contribution is -2.55. The molecule has 0 N–H and O–H groups in total. The summed E-state index contributed by atoms with van der Waals surface area (Å²) in [6, 6.07) is 16.9. The van der Waals surface area contributed by atoms with Crippen molar-refractivity contribution >= 4 is 28.2 Å². The summed E-state index contributed by atoms with van der Waals surface area (Å²) >= 11 is 0. The molecule has 9 nitrogen and oxygen atoms in total. The molecule has 1 amide bonds. The van der Waals surface area contributed by atoms with Crippen molar-refractivity contribution < 1.29 is 9.53 Å². The van der Waals surface area contributed by atoms with E-state index in [1.165, 1.54) is 46.5 Å². The first-order chi connectivity index (χ1) is 22.0. The lowest BCUT2D eigenvalue weighted by molar-refractivity contribution is -0.128. The highest BCUT2D eigenvalue weighted by Gasteiger charge is 2.52. The molecule has 2 atom stereocenters. The van der Waals surface area contributed by atoms with Gasteiger partial charge < -0.3 is 19.4 Å². The number of hydrogen-bond acceptors (Lipinski definition) is 8. The standard InChI is InChI=1S/C36H41N7O2/c1-3-32(44)42-19-18-40(21-27(42)12-16-37)34-29-20-36(14-15-36)43(31-9-5-8-25-7-4-6-24(2)33(25)31)22-30(29)38-35(39-34)45-23-28-13-17-41(28)26-10-11-26/h3-9,26-28H,1,10-15,17-23H2,2H3/t27-,28?/m0/s1. The van der Waals surface area contributed by atoms with E-state index in [9.17, 15) is 10.1 Å². The van der Waals surface area contributed by atoms with E-state index in [1.54, 1.807) is 4.90 Å².